The second-order valence-corrected chi connectivity index (χ2v) is 6.31. The van der Waals surface area contributed by atoms with Gasteiger partial charge in [-0.2, -0.15) is 7.05 Å². The Hall–Kier alpha value is -1.38. The van der Waals surface area contributed by atoms with Crippen LogP contribution in [0.3, 0.4) is 0 Å². The molecule has 0 aromatic heterocycles. The molecule has 0 radical (unpaired) electrons. The third kappa shape index (κ3) is 3.12. The summed E-state index contributed by atoms with van der Waals surface area (Å²) in [5.74, 6) is 0.603. The van der Waals surface area contributed by atoms with E-state index in [1.807, 2.05) is 0 Å². The van der Waals surface area contributed by atoms with E-state index in [0.717, 1.165) is 0 Å². The average Bonchev–Trinajstić information content (AvgIpc) is 3.01. The molecule has 2 atom stereocenters. The molecule has 2 N–H and O–H groups in total. The van der Waals surface area contributed by atoms with E-state index in [1.54, 1.807) is 0 Å². The number of rotatable bonds is 5. The molecule has 1 fully saturated rings. The lowest BCUT2D eigenvalue weighted by atomic mass is 9.90. The normalized spacial score (nSPS) is 19.0. The van der Waals surface area contributed by atoms with Crippen LogP contribution in [-0.4, -0.2) is 24.5 Å². The van der Waals surface area contributed by atoms with Crippen LogP contribution in [0.25, 0.3) is 10.8 Å². The fourth-order valence-electron chi connectivity index (χ4n) is 3.69. The molecule has 1 heterocycles. The highest BCUT2D eigenvalue weighted by Gasteiger charge is 2.24. The molecule has 0 amide bonds. The van der Waals surface area contributed by atoms with Gasteiger partial charge < -0.3 is 10.2 Å². The van der Waals surface area contributed by atoms with Crippen molar-refractivity contribution in [3.05, 3.63) is 55.1 Å². The van der Waals surface area contributed by atoms with Gasteiger partial charge in [0.1, 0.15) is 0 Å². The van der Waals surface area contributed by atoms with Crippen molar-refractivity contribution in [3.8, 4) is 0 Å². The van der Waals surface area contributed by atoms with Crippen molar-refractivity contribution in [2.75, 3.05) is 19.6 Å². The van der Waals surface area contributed by atoms with E-state index in [1.165, 1.54) is 48.8 Å². The van der Waals surface area contributed by atoms with Crippen molar-refractivity contribution < 1.29 is 5.32 Å². The van der Waals surface area contributed by atoms with Crippen LogP contribution in [0.5, 0.6) is 0 Å². The predicted octanol–water partition coefficient (Wildman–Crippen LogP) is 2.97. The smallest absolute Gasteiger partial charge is 0.0921 e. The fraction of sp³-hybridized carbons (Fsp3) is 0.421. The Balaban J connectivity index is 1.86. The van der Waals surface area contributed by atoms with Crippen LogP contribution in [-0.2, 0) is 0 Å². The zero-order chi connectivity index (χ0) is 14.7. The maximum Gasteiger partial charge on any atom is 0.0921 e. The zero-order valence-corrected chi connectivity index (χ0v) is 13.0. The highest BCUT2D eigenvalue weighted by atomic mass is 15.1. The first kappa shape index (κ1) is 14.6. The molecular weight excluding hydrogens is 256 g/mol. The standard InChI is InChI=1S/C19H26N2/c1-15(14-21-12-5-6-13-21)19(20-2)18-11-7-9-16-8-3-4-10-17(16)18/h3-4,7-11,15,19H,2,5-6,12-14,20H2,1H3/t15-,19+/m0/s1. The molecule has 0 spiro atoms. The van der Waals surface area contributed by atoms with Crippen LogP contribution in [0.1, 0.15) is 31.4 Å². The molecule has 112 valence electrons. The van der Waals surface area contributed by atoms with E-state index in [9.17, 15) is 0 Å². The summed E-state index contributed by atoms with van der Waals surface area (Å²) >= 11 is 0. The zero-order valence-electron chi connectivity index (χ0n) is 13.0. The number of quaternary nitrogens is 1. The first-order valence-electron chi connectivity index (χ1n) is 8.12. The van der Waals surface area contributed by atoms with E-state index < -0.39 is 0 Å². The van der Waals surface area contributed by atoms with Crippen molar-refractivity contribution in [2.24, 2.45) is 5.92 Å². The van der Waals surface area contributed by atoms with Gasteiger partial charge in [0.15, 0.2) is 0 Å². The lowest BCUT2D eigenvalue weighted by Crippen LogP contribution is -2.80. The van der Waals surface area contributed by atoms with Gasteiger partial charge in [-0.3, -0.25) is 0 Å². The molecule has 3 rings (SSSR count). The molecule has 2 aromatic carbocycles. The Morgan fingerprint density at radius 1 is 1.10 bits per heavy atom. The summed E-state index contributed by atoms with van der Waals surface area (Å²) in [7, 11) is 4.12. The Kier molecular flexibility index (Phi) is 4.57. The second kappa shape index (κ2) is 6.59. The molecular formula is C19H26N2. The monoisotopic (exact) mass is 282 g/mol. The molecule has 1 saturated heterocycles. The first-order chi connectivity index (χ1) is 10.3. The van der Waals surface area contributed by atoms with Gasteiger partial charge in [0, 0.05) is 18.0 Å². The van der Waals surface area contributed by atoms with Gasteiger partial charge in [-0.1, -0.05) is 49.4 Å². The van der Waals surface area contributed by atoms with Crippen LogP contribution in [0.4, 0.5) is 0 Å². The van der Waals surface area contributed by atoms with Crippen LogP contribution in [0, 0.1) is 13.0 Å². The van der Waals surface area contributed by atoms with Crippen molar-refractivity contribution in [1.29, 1.82) is 0 Å². The van der Waals surface area contributed by atoms with Gasteiger partial charge in [0.25, 0.3) is 0 Å². The average molecular weight is 282 g/mol. The first-order valence-corrected chi connectivity index (χ1v) is 8.12. The third-order valence-electron chi connectivity index (χ3n) is 4.79. The quantitative estimate of drug-likeness (QED) is 0.836. The Morgan fingerprint density at radius 3 is 2.57 bits per heavy atom. The number of nitrogens with two attached hydrogens (primary N) is 1. The molecule has 0 bridgehead atoms. The van der Waals surface area contributed by atoms with E-state index in [4.69, 9.17) is 0 Å². The Morgan fingerprint density at radius 2 is 1.81 bits per heavy atom. The predicted molar refractivity (Wildman–Crippen MR) is 88.8 cm³/mol. The molecule has 21 heavy (non-hydrogen) atoms. The Bertz CT molecular complexity index is 582. The lowest BCUT2D eigenvalue weighted by molar-refractivity contribution is -0.648. The van der Waals surface area contributed by atoms with Crippen LogP contribution < -0.4 is 5.32 Å². The minimum atomic E-state index is 0.428. The summed E-state index contributed by atoms with van der Waals surface area (Å²) in [6.45, 7) is 6.08. The summed E-state index contributed by atoms with van der Waals surface area (Å²) in [4.78, 5) is 2.60. The minimum Gasteiger partial charge on any atom is -0.472 e. The van der Waals surface area contributed by atoms with Crippen LogP contribution >= 0.6 is 0 Å². The molecule has 0 unspecified atom stereocenters. The minimum absolute atomic E-state index is 0.428. The van der Waals surface area contributed by atoms with Crippen LogP contribution in [0.15, 0.2) is 42.5 Å². The molecule has 1 aliphatic heterocycles. The molecule has 2 aromatic rings. The maximum atomic E-state index is 4.12. The molecule has 1 aliphatic rings. The SMILES string of the molecule is [CH2-][NH2+][C@@H](c1cccc2ccccc12)[C@@H](C)CN1CCCC1. The highest BCUT2D eigenvalue weighted by Crippen LogP contribution is 2.27. The van der Waals surface area contributed by atoms with Gasteiger partial charge in [0.2, 0.25) is 0 Å². The number of nitrogens with zero attached hydrogens (tertiary/aromatic N) is 1. The molecule has 0 saturated carbocycles. The number of hydrogen-bond acceptors (Lipinski definition) is 1. The summed E-state index contributed by atoms with van der Waals surface area (Å²) in [5.41, 5.74) is 1.43. The largest absolute Gasteiger partial charge is 0.472 e. The molecule has 2 heteroatoms. The summed E-state index contributed by atoms with van der Waals surface area (Å²) in [5, 5.41) is 4.84. The number of hydrogen-bond donors (Lipinski definition) is 1. The summed E-state index contributed by atoms with van der Waals surface area (Å²) in [6, 6.07) is 15.8. The van der Waals surface area contributed by atoms with E-state index >= 15 is 0 Å². The molecule has 2 nitrogen and oxygen atoms in total. The topological polar surface area (TPSA) is 19.9 Å². The van der Waals surface area contributed by atoms with Crippen molar-refractivity contribution in [2.45, 2.75) is 25.8 Å². The highest BCUT2D eigenvalue weighted by molar-refractivity contribution is 5.85. The van der Waals surface area contributed by atoms with Gasteiger partial charge in [-0.25, -0.2) is 0 Å². The van der Waals surface area contributed by atoms with E-state index in [-0.39, 0.29) is 0 Å². The third-order valence-corrected chi connectivity index (χ3v) is 4.79. The molecule has 0 aliphatic carbocycles. The lowest BCUT2D eigenvalue weighted by Gasteiger charge is -2.28. The van der Waals surface area contributed by atoms with Crippen LogP contribution in [0.2, 0.25) is 0 Å². The fourth-order valence-corrected chi connectivity index (χ4v) is 3.69. The number of benzene rings is 2. The maximum absolute atomic E-state index is 4.12. The van der Waals surface area contributed by atoms with Gasteiger partial charge in [-0.15, -0.1) is 0 Å². The van der Waals surface area contributed by atoms with Crippen molar-refractivity contribution in [3.63, 3.8) is 0 Å². The Labute approximate surface area is 128 Å². The number of fused-ring (bicyclic) bond motifs is 1. The van der Waals surface area contributed by atoms with Crippen molar-refractivity contribution >= 4 is 10.8 Å². The summed E-state index contributed by atoms with van der Waals surface area (Å²) < 4.78 is 0. The van der Waals surface area contributed by atoms with Gasteiger partial charge in [0.05, 0.1) is 6.04 Å². The second-order valence-electron chi connectivity index (χ2n) is 6.31. The van der Waals surface area contributed by atoms with Crippen molar-refractivity contribution in [1.82, 2.24) is 4.90 Å². The van der Waals surface area contributed by atoms with Gasteiger partial charge >= 0.3 is 0 Å². The van der Waals surface area contributed by atoms with Gasteiger partial charge in [-0.05, 0) is 36.7 Å². The van der Waals surface area contributed by atoms with E-state index in [0.29, 0.717) is 12.0 Å². The van der Waals surface area contributed by atoms with E-state index in [2.05, 4.69) is 66.7 Å². The number of likely N-dealkylation sites (tertiary alicyclic amines) is 1. The summed E-state index contributed by atoms with van der Waals surface area (Å²) in [6.07, 6.45) is 2.72.